The van der Waals surface area contributed by atoms with E-state index in [9.17, 15) is 40.2 Å². The van der Waals surface area contributed by atoms with Gasteiger partial charge in [-0.25, -0.2) is 9.59 Å². The average molecular weight is 368 g/mol. The zero-order chi connectivity index (χ0) is 19.2. The predicted molar refractivity (Wildman–Crippen MR) is 83.8 cm³/mol. The molecule has 10 heteroatoms. The molecule has 1 aliphatic heterocycles. The van der Waals surface area contributed by atoms with Gasteiger partial charge in [0.2, 0.25) is 0 Å². The lowest BCUT2D eigenvalue weighted by Crippen LogP contribution is -2.55. The average Bonchev–Trinajstić information content (AvgIpc) is 2.58. The third kappa shape index (κ3) is 2.83. The number of aromatic hydroxyl groups is 1. The van der Waals surface area contributed by atoms with Crippen LogP contribution in [0.4, 0.5) is 0 Å². The van der Waals surface area contributed by atoms with Crippen molar-refractivity contribution >= 4 is 16.9 Å². The van der Waals surface area contributed by atoms with E-state index >= 15 is 0 Å². The van der Waals surface area contributed by atoms with E-state index in [1.807, 2.05) is 0 Å². The number of carboxylic acids is 1. The number of phenolic OH excluding ortho intramolecular Hbond substituents is 1. The number of aliphatic hydroxyl groups is 4. The van der Waals surface area contributed by atoms with Crippen LogP contribution >= 0.6 is 0 Å². The number of aliphatic hydroxyl groups excluding tert-OH is 4. The van der Waals surface area contributed by atoms with Crippen molar-refractivity contribution in [2.45, 2.75) is 30.5 Å². The minimum atomic E-state index is -1.79. The van der Waals surface area contributed by atoms with Gasteiger partial charge in [0.25, 0.3) is 0 Å². The molecule has 5 atom stereocenters. The highest BCUT2D eigenvalue weighted by atomic mass is 16.5. The summed E-state index contributed by atoms with van der Waals surface area (Å²) in [6.45, 7) is -0.718. The first kappa shape index (κ1) is 18.3. The van der Waals surface area contributed by atoms with Crippen LogP contribution < -0.4 is 5.63 Å². The number of rotatable bonds is 3. The molecule has 0 aliphatic carbocycles. The zero-order valence-electron chi connectivity index (χ0n) is 13.1. The Morgan fingerprint density at radius 1 is 1.12 bits per heavy atom. The van der Waals surface area contributed by atoms with Crippen LogP contribution in [0.5, 0.6) is 5.75 Å². The maximum Gasteiger partial charge on any atom is 0.351 e. The summed E-state index contributed by atoms with van der Waals surface area (Å²) in [6, 6.07) is 3.55. The van der Waals surface area contributed by atoms with E-state index in [1.165, 1.54) is 12.1 Å². The van der Waals surface area contributed by atoms with Crippen LogP contribution in [0.15, 0.2) is 27.4 Å². The number of fused-ring (bicyclic) bond motifs is 1. The number of ether oxygens (including phenoxy) is 1. The minimum absolute atomic E-state index is 0.0455. The minimum Gasteiger partial charge on any atom is -0.508 e. The molecule has 0 unspecified atom stereocenters. The fourth-order valence-corrected chi connectivity index (χ4v) is 3.05. The van der Waals surface area contributed by atoms with Crippen LogP contribution in [-0.2, 0) is 4.74 Å². The maximum absolute atomic E-state index is 12.1. The molecule has 0 saturated carbocycles. The van der Waals surface area contributed by atoms with Crippen LogP contribution in [0.3, 0.4) is 0 Å². The highest BCUT2D eigenvalue weighted by Gasteiger charge is 2.46. The molecule has 1 aromatic heterocycles. The molecule has 0 amide bonds. The molecule has 140 valence electrons. The Labute approximate surface area is 145 Å². The smallest absolute Gasteiger partial charge is 0.351 e. The SMILES string of the molecule is O=C(O)c1c([C@@H]2O[C@H](CO)[C@H](O)[C@H](O)[C@H]2O)c2ccc(O)cc2oc1=O. The molecule has 6 N–H and O–H groups in total. The van der Waals surface area contributed by atoms with Gasteiger partial charge in [-0.05, 0) is 12.1 Å². The Morgan fingerprint density at radius 2 is 1.81 bits per heavy atom. The molecule has 1 fully saturated rings. The van der Waals surface area contributed by atoms with E-state index in [2.05, 4.69) is 0 Å². The second-order valence-electron chi connectivity index (χ2n) is 5.91. The van der Waals surface area contributed by atoms with Crippen molar-refractivity contribution in [1.82, 2.24) is 0 Å². The Balaban J connectivity index is 2.30. The fourth-order valence-electron chi connectivity index (χ4n) is 3.05. The number of carbonyl (C=O) groups is 1. The van der Waals surface area contributed by atoms with E-state index in [-0.39, 0.29) is 22.3 Å². The van der Waals surface area contributed by atoms with Gasteiger partial charge in [-0.1, -0.05) is 0 Å². The van der Waals surface area contributed by atoms with E-state index in [0.29, 0.717) is 0 Å². The van der Waals surface area contributed by atoms with Crippen LogP contribution in [-0.4, -0.2) is 67.6 Å². The molecule has 10 nitrogen and oxygen atoms in total. The molecule has 26 heavy (non-hydrogen) atoms. The van der Waals surface area contributed by atoms with Gasteiger partial charge in [-0.2, -0.15) is 0 Å². The van der Waals surface area contributed by atoms with Gasteiger partial charge in [-0.3, -0.25) is 0 Å². The summed E-state index contributed by atoms with van der Waals surface area (Å²) in [5.41, 5.74) is -2.53. The van der Waals surface area contributed by atoms with Crippen LogP contribution in [0, 0.1) is 0 Å². The highest BCUT2D eigenvalue weighted by Crippen LogP contribution is 2.37. The van der Waals surface area contributed by atoms with Gasteiger partial charge in [0, 0.05) is 17.0 Å². The Morgan fingerprint density at radius 3 is 2.42 bits per heavy atom. The molecule has 2 heterocycles. The van der Waals surface area contributed by atoms with Crippen molar-refractivity contribution in [3.05, 3.63) is 39.7 Å². The first-order valence-electron chi connectivity index (χ1n) is 7.59. The van der Waals surface area contributed by atoms with Crippen molar-refractivity contribution in [1.29, 1.82) is 0 Å². The van der Waals surface area contributed by atoms with Crippen molar-refractivity contribution in [3.8, 4) is 5.75 Å². The monoisotopic (exact) mass is 368 g/mol. The predicted octanol–water partition coefficient (Wildman–Crippen LogP) is -1.29. The first-order valence-corrected chi connectivity index (χ1v) is 7.59. The summed E-state index contributed by atoms with van der Waals surface area (Å²) in [4.78, 5) is 23.7. The topological polar surface area (TPSA) is 178 Å². The number of hydrogen-bond donors (Lipinski definition) is 6. The van der Waals surface area contributed by atoms with Gasteiger partial charge in [0.05, 0.1) is 6.61 Å². The lowest BCUT2D eigenvalue weighted by atomic mass is 9.88. The third-order valence-corrected chi connectivity index (χ3v) is 4.32. The van der Waals surface area contributed by atoms with Crippen molar-refractivity contribution in [3.63, 3.8) is 0 Å². The molecule has 1 saturated heterocycles. The van der Waals surface area contributed by atoms with E-state index in [4.69, 9.17) is 9.15 Å². The highest BCUT2D eigenvalue weighted by molar-refractivity contribution is 5.95. The molecular weight excluding hydrogens is 352 g/mol. The third-order valence-electron chi connectivity index (χ3n) is 4.32. The lowest BCUT2D eigenvalue weighted by Gasteiger charge is -2.40. The van der Waals surface area contributed by atoms with Gasteiger partial charge in [-0.15, -0.1) is 0 Å². The molecule has 2 aromatic rings. The Kier molecular flexibility index (Phi) is 4.69. The lowest BCUT2D eigenvalue weighted by molar-refractivity contribution is -0.231. The van der Waals surface area contributed by atoms with Crippen LogP contribution in [0.2, 0.25) is 0 Å². The van der Waals surface area contributed by atoms with Crippen molar-refractivity contribution < 1.29 is 44.6 Å². The quantitative estimate of drug-likeness (QED) is 0.357. The summed E-state index contributed by atoms with van der Waals surface area (Å²) >= 11 is 0. The fraction of sp³-hybridized carbons (Fsp3) is 0.375. The second kappa shape index (κ2) is 6.67. The largest absolute Gasteiger partial charge is 0.508 e. The molecule has 3 rings (SSSR count). The number of carboxylic acid groups (broad SMARTS) is 1. The maximum atomic E-state index is 12.1. The number of phenols is 1. The summed E-state index contributed by atoms with van der Waals surface area (Å²) in [5, 5.41) is 58.4. The van der Waals surface area contributed by atoms with Crippen molar-refractivity contribution in [2.24, 2.45) is 0 Å². The molecular formula is C16H16O10. The molecule has 0 spiro atoms. The summed E-state index contributed by atoms with van der Waals surface area (Å²) in [7, 11) is 0. The molecule has 1 aromatic carbocycles. The Hall–Kier alpha value is -2.50. The zero-order valence-corrected chi connectivity index (χ0v) is 13.1. The number of aromatic carboxylic acids is 1. The van der Waals surface area contributed by atoms with Gasteiger partial charge in [0.1, 0.15) is 41.9 Å². The Bertz CT molecular complexity index is 902. The number of hydrogen-bond acceptors (Lipinski definition) is 9. The van der Waals surface area contributed by atoms with E-state index in [0.717, 1.165) is 6.07 Å². The summed E-state index contributed by atoms with van der Waals surface area (Å²) in [5.74, 6) is -1.90. The van der Waals surface area contributed by atoms with Gasteiger partial charge < -0.3 is 39.8 Å². The molecule has 0 bridgehead atoms. The van der Waals surface area contributed by atoms with E-state index < -0.39 is 54.3 Å². The van der Waals surface area contributed by atoms with Gasteiger partial charge in [0.15, 0.2) is 5.56 Å². The normalized spacial score (nSPS) is 29.0. The van der Waals surface area contributed by atoms with E-state index in [1.54, 1.807) is 0 Å². The van der Waals surface area contributed by atoms with Crippen molar-refractivity contribution in [2.75, 3.05) is 6.61 Å². The summed E-state index contributed by atoms with van der Waals surface area (Å²) in [6.07, 6.45) is -8.03. The van der Waals surface area contributed by atoms with Gasteiger partial charge >= 0.3 is 11.6 Å². The first-order chi connectivity index (χ1) is 12.3. The molecule has 1 aliphatic rings. The van der Waals surface area contributed by atoms with Crippen LogP contribution in [0.25, 0.3) is 11.0 Å². The number of benzene rings is 1. The second-order valence-corrected chi connectivity index (χ2v) is 5.91. The van der Waals surface area contributed by atoms with Crippen LogP contribution in [0.1, 0.15) is 22.0 Å². The summed E-state index contributed by atoms with van der Waals surface area (Å²) < 4.78 is 10.3. The molecule has 0 radical (unpaired) electrons. The standard InChI is InChI=1S/C16H16O10/c17-4-8-11(19)12(20)13(21)14(25-8)9-6-2-1-5(18)3-7(6)26-16(24)10(9)15(22)23/h1-3,8,11-14,17-21H,4H2,(H,22,23)/t8-,11+,12+,13-,14+/m1/s1.